The Morgan fingerprint density at radius 2 is 2.17 bits per heavy atom. The van der Waals surface area contributed by atoms with Crippen molar-refractivity contribution in [3.63, 3.8) is 0 Å². The van der Waals surface area contributed by atoms with Crippen LogP contribution in [-0.4, -0.2) is 48.2 Å². The Kier molecular flexibility index (Phi) is 7.28. The number of carboxylic acids is 1. The predicted octanol–water partition coefficient (Wildman–Crippen LogP) is 1.95. The molecule has 0 amide bonds. The number of hydrogen-bond acceptors (Lipinski definition) is 3. The van der Waals surface area contributed by atoms with Crippen LogP contribution in [0.25, 0.3) is 0 Å². The monoisotopic (exact) mass is 256 g/mol. The fraction of sp³-hybridized carbons (Fsp3) is 0.929. The van der Waals surface area contributed by atoms with Crippen LogP contribution in [0, 0.1) is 5.92 Å². The minimum Gasteiger partial charge on any atom is -0.481 e. The van der Waals surface area contributed by atoms with E-state index in [2.05, 4.69) is 24.1 Å². The van der Waals surface area contributed by atoms with Gasteiger partial charge in [0, 0.05) is 25.6 Å². The average molecular weight is 256 g/mol. The molecule has 0 aliphatic carbocycles. The number of nitrogens with zero attached hydrogens (tertiary/aromatic N) is 1. The van der Waals surface area contributed by atoms with Gasteiger partial charge in [-0.2, -0.15) is 0 Å². The molecule has 1 aliphatic rings. The number of carboxylic acid groups (broad SMARTS) is 1. The normalized spacial score (nSPS) is 25.2. The summed E-state index contributed by atoms with van der Waals surface area (Å²) in [7, 11) is 0. The van der Waals surface area contributed by atoms with Crippen LogP contribution in [-0.2, 0) is 4.79 Å². The molecule has 1 fully saturated rings. The summed E-state index contributed by atoms with van der Waals surface area (Å²) in [6, 6.07) is 0.541. The molecule has 0 bridgehead atoms. The molecule has 4 nitrogen and oxygen atoms in total. The van der Waals surface area contributed by atoms with Crippen LogP contribution in [0.15, 0.2) is 0 Å². The van der Waals surface area contributed by atoms with Crippen LogP contribution in [0.1, 0.15) is 46.0 Å². The van der Waals surface area contributed by atoms with Crippen molar-refractivity contribution >= 4 is 5.97 Å². The molecule has 18 heavy (non-hydrogen) atoms. The van der Waals surface area contributed by atoms with Gasteiger partial charge in [0.15, 0.2) is 0 Å². The van der Waals surface area contributed by atoms with E-state index < -0.39 is 5.97 Å². The number of likely N-dealkylation sites (N-methyl/N-ethyl adjacent to an activating group) is 1. The molecule has 2 N–H and O–H groups in total. The van der Waals surface area contributed by atoms with E-state index in [1.54, 1.807) is 0 Å². The molecule has 2 unspecified atom stereocenters. The van der Waals surface area contributed by atoms with E-state index in [4.69, 9.17) is 5.11 Å². The molecule has 4 heteroatoms. The third kappa shape index (κ3) is 5.83. The Morgan fingerprint density at radius 1 is 1.39 bits per heavy atom. The number of carbonyl (C=O) groups is 1. The van der Waals surface area contributed by atoms with Gasteiger partial charge < -0.3 is 15.3 Å². The van der Waals surface area contributed by atoms with Crippen LogP contribution < -0.4 is 5.32 Å². The zero-order chi connectivity index (χ0) is 13.4. The first-order chi connectivity index (χ1) is 8.65. The van der Waals surface area contributed by atoms with Crippen molar-refractivity contribution in [3.05, 3.63) is 0 Å². The Bertz CT molecular complexity index is 246. The van der Waals surface area contributed by atoms with E-state index in [9.17, 15) is 4.79 Å². The van der Waals surface area contributed by atoms with Gasteiger partial charge in [0.1, 0.15) is 0 Å². The Hall–Kier alpha value is -0.610. The molecule has 0 aromatic carbocycles. The van der Waals surface area contributed by atoms with E-state index in [0.717, 1.165) is 39.0 Å². The molecule has 1 aliphatic heterocycles. The SMILES string of the molecule is CCCCN1CC(CCC(=O)O)CC(NCC)C1. The fourth-order valence-electron chi connectivity index (χ4n) is 2.84. The minimum atomic E-state index is -0.666. The van der Waals surface area contributed by atoms with Gasteiger partial charge in [0.05, 0.1) is 0 Å². The number of nitrogens with one attached hydrogen (secondary N) is 1. The van der Waals surface area contributed by atoms with Gasteiger partial charge >= 0.3 is 5.97 Å². The molecule has 1 saturated heterocycles. The zero-order valence-corrected chi connectivity index (χ0v) is 11.8. The Balaban J connectivity index is 2.42. The largest absolute Gasteiger partial charge is 0.481 e. The Labute approximate surface area is 111 Å². The molecular formula is C14H28N2O2. The first-order valence-electron chi connectivity index (χ1n) is 7.33. The van der Waals surface area contributed by atoms with Crippen LogP contribution in [0.4, 0.5) is 0 Å². The van der Waals surface area contributed by atoms with Crippen molar-refractivity contribution in [2.75, 3.05) is 26.2 Å². The van der Waals surface area contributed by atoms with Gasteiger partial charge in [0.25, 0.3) is 0 Å². The van der Waals surface area contributed by atoms with Gasteiger partial charge in [-0.25, -0.2) is 0 Å². The van der Waals surface area contributed by atoms with Crippen LogP contribution >= 0.6 is 0 Å². The molecule has 0 radical (unpaired) electrons. The highest BCUT2D eigenvalue weighted by molar-refractivity contribution is 5.66. The first kappa shape index (κ1) is 15.4. The molecule has 0 saturated carbocycles. The number of rotatable bonds is 8. The van der Waals surface area contributed by atoms with Gasteiger partial charge in [-0.3, -0.25) is 4.79 Å². The molecule has 0 aromatic rings. The number of likely N-dealkylation sites (tertiary alicyclic amines) is 1. The number of unbranched alkanes of at least 4 members (excludes halogenated alkanes) is 1. The summed E-state index contributed by atoms with van der Waals surface area (Å²) in [4.78, 5) is 13.2. The molecule has 1 rings (SSSR count). The highest BCUT2D eigenvalue weighted by atomic mass is 16.4. The second-order valence-electron chi connectivity index (χ2n) is 5.40. The van der Waals surface area contributed by atoms with Crippen molar-refractivity contribution in [1.29, 1.82) is 0 Å². The lowest BCUT2D eigenvalue weighted by molar-refractivity contribution is -0.137. The molecule has 106 valence electrons. The summed E-state index contributed by atoms with van der Waals surface area (Å²) in [6.07, 6.45) is 4.72. The maximum atomic E-state index is 10.7. The van der Waals surface area contributed by atoms with E-state index in [1.165, 1.54) is 12.8 Å². The van der Waals surface area contributed by atoms with Crippen LogP contribution in [0.5, 0.6) is 0 Å². The smallest absolute Gasteiger partial charge is 0.303 e. The lowest BCUT2D eigenvalue weighted by Crippen LogP contribution is -2.49. The standard InChI is InChI=1S/C14H28N2O2/c1-3-5-8-16-10-12(6-7-14(17)18)9-13(11-16)15-4-2/h12-13,15H,3-11H2,1-2H3,(H,17,18). The van der Waals surface area contributed by atoms with Gasteiger partial charge in [-0.15, -0.1) is 0 Å². The number of piperidine rings is 1. The van der Waals surface area contributed by atoms with Gasteiger partial charge in [-0.05, 0) is 38.3 Å². The zero-order valence-electron chi connectivity index (χ0n) is 11.8. The van der Waals surface area contributed by atoms with Crippen molar-refractivity contribution in [2.24, 2.45) is 5.92 Å². The lowest BCUT2D eigenvalue weighted by atomic mass is 9.90. The maximum absolute atomic E-state index is 10.7. The third-order valence-corrected chi connectivity index (χ3v) is 3.70. The highest BCUT2D eigenvalue weighted by Gasteiger charge is 2.26. The van der Waals surface area contributed by atoms with E-state index >= 15 is 0 Å². The lowest BCUT2D eigenvalue weighted by Gasteiger charge is -2.38. The second-order valence-corrected chi connectivity index (χ2v) is 5.40. The summed E-state index contributed by atoms with van der Waals surface area (Å²) in [5.74, 6) is -0.128. The van der Waals surface area contributed by atoms with E-state index in [-0.39, 0.29) is 0 Å². The summed E-state index contributed by atoms with van der Waals surface area (Å²) in [5.41, 5.74) is 0. The third-order valence-electron chi connectivity index (χ3n) is 3.70. The van der Waals surface area contributed by atoms with Crippen LogP contribution in [0.2, 0.25) is 0 Å². The molecular weight excluding hydrogens is 228 g/mol. The number of aliphatic carboxylic acids is 1. The Morgan fingerprint density at radius 3 is 2.78 bits per heavy atom. The average Bonchev–Trinajstić information content (AvgIpc) is 2.34. The topological polar surface area (TPSA) is 52.6 Å². The van der Waals surface area contributed by atoms with Crippen molar-refractivity contribution in [2.45, 2.75) is 52.0 Å². The van der Waals surface area contributed by atoms with Crippen molar-refractivity contribution in [3.8, 4) is 0 Å². The summed E-state index contributed by atoms with van der Waals surface area (Å²) < 4.78 is 0. The van der Waals surface area contributed by atoms with E-state index in [1.807, 2.05) is 0 Å². The first-order valence-corrected chi connectivity index (χ1v) is 7.33. The number of hydrogen-bond donors (Lipinski definition) is 2. The van der Waals surface area contributed by atoms with Crippen molar-refractivity contribution in [1.82, 2.24) is 10.2 Å². The van der Waals surface area contributed by atoms with E-state index in [0.29, 0.717) is 18.4 Å². The summed E-state index contributed by atoms with van der Waals surface area (Å²) >= 11 is 0. The highest BCUT2D eigenvalue weighted by Crippen LogP contribution is 2.21. The minimum absolute atomic E-state index is 0.311. The van der Waals surface area contributed by atoms with Crippen LogP contribution in [0.3, 0.4) is 0 Å². The molecule has 1 heterocycles. The second kappa shape index (κ2) is 8.48. The summed E-state index contributed by atoms with van der Waals surface area (Å²) in [6.45, 7) is 8.71. The summed E-state index contributed by atoms with van der Waals surface area (Å²) in [5, 5.41) is 12.3. The fourth-order valence-corrected chi connectivity index (χ4v) is 2.84. The van der Waals surface area contributed by atoms with Gasteiger partial charge in [0.2, 0.25) is 0 Å². The van der Waals surface area contributed by atoms with Crippen molar-refractivity contribution < 1.29 is 9.90 Å². The van der Waals surface area contributed by atoms with Gasteiger partial charge in [-0.1, -0.05) is 20.3 Å². The molecule has 0 spiro atoms. The maximum Gasteiger partial charge on any atom is 0.303 e. The molecule has 2 atom stereocenters. The quantitative estimate of drug-likeness (QED) is 0.697. The predicted molar refractivity (Wildman–Crippen MR) is 73.8 cm³/mol. The molecule has 0 aromatic heterocycles.